The third-order valence-corrected chi connectivity index (χ3v) is 5.29. The van der Waals surface area contributed by atoms with Crippen LogP contribution in [0.1, 0.15) is 23.1 Å². The van der Waals surface area contributed by atoms with Gasteiger partial charge in [-0.15, -0.1) is 0 Å². The van der Waals surface area contributed by atoms with E-state index in [1.54, 1.807) is 25.4 Å². The second-order valence-corrected chi connectivity index (χ2v) is 7.66. The molecule has 0 saturated carbocycles. The van der Waals surface area contributed by atoms with Gasteiger partial charge in [-0.25, -0.2) is 9.98 Å². The fraction of sp³-hybridized carbons (Fsp3) is 0.200. The molecule has 1 aliphatic rings. The molecule has 0 aliphatic carbocycles. The number of aliphatic imine (C=N–C) groups is 1. The van der Waals surface area contributed by atoms with Gasteiger partial charge < -0.3 is 10.1 Å². The number of nitrogens with one attached hydrogen (secondary N) is 1. The number of methoxy groups -OCH3 is 1. The zero-order chi connectivity index (χ0) is 22.7. The first-order valence-electron chi connectivity index (χ1n) is 10.3. The van der Waals surface area contributed by atoms with Gasteiger partial charge in [-0.05, 0) is 73.0 Å². The maximum absolute atomic E-state index is 13.2. The van der Waals surface area contributed by atoms with E-state index in [-0.39, 0.29) is 24.8 Å². The van der Waals surface area contributed by atoms with Crippen LogP contribution in [0.2, 0.25) is 0 Å². The third-order valence-electron chi connectivity index (χ3n) is 5.29. The van der Waals surface area contributed by atoms with Crippen LogP contribution in [0.15, 0.2) is 65.8 Å². The lowest BCUT2D eigenvalue weighted by atomic mass is 10.1. The van der Waals surface area contributed by atoms with E-state index in [9.17, 15) is 9.59 Å². The minimum absolute atomic E-state index is 0.0550. The van der Waals surface area contributed by atoms with E-state index < -0.39 is 0 Å². The molecule has 162 valence electrons. The van der Waals surface area contributed by atoms with Crippen LogP contribution < -0.4 is 15.0 Å². The summed E-state index contributed by atoms with van der Waals surface area (Å²) in [7, 11) is 1.60. The topological polar surface area (TPSA) is 83.9 Å². The Balaban J connectivity index is 1.60. The molecule has 0 atom stereocenters. The van der Waals surface area contributed by atoms with E-state index in [1.165, 1.54) is 4.90 Å². The maximum atomic E-state index is 13.2. The molecule has 4 rings (SSSR count). The normalized spacial score (nSPS) is 13.2. The Morgan fingerprint density at radius 3 is 2.66 bits per heavy atom. The van der Waals surface area contributed by atoms with Crippen molar-refractivity contribution in [2.45, 2.75) is 20.3 Å². The average molecular weight is 428 g/mol. The van der Waals surface area contributed by atoms with Crippen LogP contribution >= 0.6 is 0 Å². The number of aromatic nitrogens is 1. The van der Waals surface area contributed by atoms with E-state index in [0.29, 0.717) is 17.2 Å². The van der Waals surface area contributed by atoms with Crippen LogP contribution in [-0.4, -0.2) is 36.2 Å². The summed E-state index contributed by atoms with van der Waals surface area (Å²) < 4.78 is 5.21. The van der Waals surface area contributed by atoms with Gasteiger partial charge in [-0.2, -0.15) is 0 Å². The zero-order valence-corrected chi connectivity index (χ0v) is 18.3. The van der Waals surface area contributed by atoms with Crippen molar-refractivity contribution in [1.29, 1.82) is 0 Å². The number of pyridine rings is 1. The van der Waals surface area contributed by atoms with Crippen molar-refractivity contribution >= 4 is 34.7 Å². The average Bonchev–Trinajstić information content (AvgIpc) is 2.93. The summed E-state index contributed by atoms with van der Waals surface area (Å²) in [6.45, 7) is 3.74. The first-order valence-corrected chi connectivity index (χ1v) is 10.3. The highest BCUT2D eigenvalue weighted by molar-refractivity contribution is 6.18. The summed E-state index contributed by atoms with van der Waals surface area (Å²) in [4.78, 5) is 36.5. The molecule has 1 N–H and O–H groups in total. The summed E-state index contributed by atoms with van der Waals surface area (Å²) in [5.74, 6) is 0.558. The summed E-state index contributed by atoms with van der Waals surface area (Å²) in [5.41, 5.74) is 4.70. The van der Waals surface area contributed by atoms with Crippen molar-refractivity contribution in [1.82, 2.24) is 4.98 Å². The minimum Gasteiger partial charge on any atom is -0.497 e. The van der Waals surface area contributed by atoms with Crippen molar-refractivity contribution in [2.24, 2.45) is 4.99 Å². The Kier molecular flexibility index (Phi) is 5.98. The van der Waals surface area contributed by atoms with Crippen molar-refractivity contribution in [3.63, 3.8) is 0 Å². The maximum Gasteiger partial charge on any atom is 0.244 e. The van der Waals surface area contributed by atoms with Crippen molar-refractivity contribution in [3.05, 3.63) is 77.5 Å². The van der Waals surface area contributed by atoms with Gasteiger partial charge in [-0.1, -0.05) is 12.1 Å². The van der Waals surface area contributed by atoms with Gasteiger partial charge in [0.2, 0.25) is 11.8 Å². The first-order chi connectivity index (χ1) is 15.4. The molecule has 0 radical (unpaired) electrons. The Morgan fingerprint density at radius 1 is 1.12 bits per heavy atom. The molecule has 0 spiro atoms. The number of amides is 2. The van der Waals surface area contributed by atoms with Gasteiger partial charge in [-0.3, -0.25) is 14.5 Å². The Bertz CT molecular complexity index is 1200. The van der Waals surface area contributed by atoms with Crippen LogP contribution in [0.25, 0.3) is 0 Å². The van der Waals surface area contributed by atoms with Gasteiger partial charge in [0.25, 0.3) is 0 Å². The van der Waals surface area contributed by atoms with Crippen LogP contribution in [0.3, 0.4) is 0 Å². The predicted octanol–water partition coefficient (Wildman–Crippen LogP) is 4.20. The number of hydrogen-bond donors (Lipinski definition) is 1. The highest BCUT2D eigenvalue weighted by atomic mass is 16.5. The van der Waals surface area contributed by atoms with Gasteiger partial charge >= 0.3 is 0 Å². The third kappa shape index (κ3) is 4.51. The highest BCUT2D eigenvalue weighted by Crippen LogP contribution is 2.31. The van der Waals surface area contributed by atoms with Crippen LogP contribution in [0, 0.1) is 13.8 Å². The van der Waals surface area contributed by atoms with Crippen LogP contribution in [-0.2, 0) is 9.59 Å². The van der Waals surface area contributed by atoms with Gasteiger partial charge in [0.15, 0.2) is 5.82 Å². The number of anilines is 2. The summed E-state index contributed by atoms with van der Waals surface area (Å²) in [6, 6.07) is 16.8. The summed E-state index contributed by atoms with van der Waals surface area (Å²) in [6.07, 6.45) is 1.65. The molecule has 7 nitrogen and oxygen atoms in total. The molecule has 32 heavy (non-hydrogen) atoms. The minimum atomic E-state index is -0.295. The van der Waals surface area contributed by atoms with Gasteiger partial charge in [0, 0.05) is 11.9 Å². The van der Waals surface area contributed by atoms with E-state index in [0.717, 1.165) is 28.1 Å². The van der Waals surface area contributed by atoms with Crippen molar-refractivity contribution < 1.29 is 14.3 Å². The molecule has 0 saturated heterocycles. The molecule has 0 bridgehead atoms. The number of carbonyl (C=O) groups is 2. The first kappa shape index (κ1) is 21.2. The molecule has 2 amide bonds. The molecule has 2 heterocycles. The lowest BCUT2D eigenvalue weighted by Gasteiger charge is -2.21. The standard InChI is InChI=1S/C25H24N4O3/c1-16-6-7-17(2)21(13-16)28-23(30)15-29-24(31)14-22(18-8-10-19(32-3)11-9-18)27-20-5-4-12-26-25(20)29/h4-13H,14-15H2,1-3H3,(H,28,30). The molecule has 1 aliphatic heterocycles. The number of rotatable bonds is 5. The van der Waals surface area contributed by atoms with E-state index in [4.69, 9.17) is 9.73 Å². The van der Waals surface area contributed by atoms with Gasteiger partial charge in [0.05, 0.1) is 19.2 Å². The molecular weight excluding hydrogens is 404 g/mol. The quantitative estimate of drug-likeness (QED) is 0.660. The second-order valence-electron chi connectivity index (χ2n) is 7.66. The van der Waals surface area contributed by atoms with Crippen molar-refractivity contribution in [3.8, 4) is 5.75 Å². The molecule has 7 heteroatoms. The smallest absolute Gasteiger partial charge is 0.244 e. The molecule has 3 aromatic rings. The molecule has 1 aromatic heterocycles. The monoisotopic (exact) mass is 428 g/mol. The van der Waals surface area contributed by atoms with Crippen molar-refractivity contribution in [2.75, 3.05) is 23.9 Å². The summed E-state index contributed by atoms with van der Waals surface area (Å²) >= 11 is 0. The second kappa shape index (κ2) is 9.01. The summed E-state index contributed by atoms with van der Waals surface area (Å²) in [5, 5.41) is 2.91. The Labute approximate surface area is 186 Å². The lowest BCUT2D eigenvalue weighted by Crippen LogP contribution is -2.39. The van der Waals surface area contributed by atoms with E-state index in [1.807, 2.05) is 56.3 Å². The Morgan fingerprint density at radius 2 is 1.91 bits per heavy atom. The number of nitrogens with zero attached hydrogens (tertiary/aromatic N) is 3. The fourth-order valence-electron chi connectivity index (χ4n) is 3.54. The van der Waals surface area contributed by atoms with Crippen LogP contribution in [0.5, 0.6) is 5.75 Å². The number of fused-ring (bicyclic) bond motifs is 1. The number of aryl methyl sites for hydroxylation is 2. The molecule has 0 fully saturated rings. The van der Waals surface area contributed by atoms with E-state index in [2.05, 4.69) is 10.3 Å². The molecular formula is C25H24N4O3. The van der Waals surface area contributed by atoms with E-state index >= 15 is 0 Å². The fourth-order valence-corrected chi connectivity index (χ4v) is 3.54. The molecule has 2 aromatic carbocycles. The SMILES string of the molecule is COc1ccc(C2=Nc3cccnc3N(CC(=O)Nc3cc(C)ccc3C)C(=O)C2)cc1. The largest absolute Gasteiger partial charge is 0.497 e. The molecule has 0 unspecified atom stereocenters. The highest BCUT2D eigenvalue weighted by Gasteiger charge is 2.28. The van der Waals surface area contributed by atoms with Crippen LogP contribution in [0.4, 0.5) is 17.2 Å². The van der Waals surface area contributed by atoms with Gasteiger partial charge in [0.1, 0.15) is 18.0 Å². The number of ether oxygens (including phenoxy) is 1. The predicted molar refractivity (Wildman–Crippen MR) is 125 cm³/mol. The Hall–Kier alpha value is -4.00. The number of carbonyl (C=O) groups excluding carboxylic acids is 2. The number of hydrogen-bond acceptors (Lipinski definition) is 5. The zero-order valence-electron chi connectivity index (χ0n) is 18.3. The number of benzene rings is 2. The lowest BCUT2D eigenvalue weighted by molar-refractivity contribution is -0.120.